The molecule has 2 aromatic heterocycles. The Balaban J connectivity index is 0.826. The van der Waals surface area contributed by atoms with Crippen LogP contribution in [0.5, 0.6) is 0 Å². The maximum Gasteiger partial charge on any atom is 0.227 e. The van der Waals surface area contributed by atoms with Gasteiger partial charge in [0.05, 0.1) is 0 Å². The van der Waals surface area contributed by atoms with E-state index in [1.54, 1.807) is 6.07 Å². The van der Waals surface area contributed by atoms with Crippen molar-refractivity contribution in [2.75, 3.05) is 9.80 Å². The third kappa shape index (κ3) is 8.28. The Kier molecular flexibility index (Phi) is 11.0. The SMILES string of the molecule is CC1(C)c2cc(N(c3ccc(-c4ccccc4)cc3)c3ccc(-c4nc5c#cccc5o4)cc3)ccc2-c2ccc(N(c3ccc(-c4ccc(-c5ccccc5)cc4)cc3)c3ccc(-c4nc5ccccc5o4)cc3)cc21. The van der Waals surface area contributed by atoms with Crippen LogP contribution in [0.4, 0.5) is 34.1 Å². The fourth-order valence-electron chi connectivity index (χ4n) is 11.0. The second-order valence-electron chi connectivity index (χ2n) is 20.1. The molecule has 0 amide bonds. The van der Waals surface area contributed by atoms with Crippen molar-refractivity contribution in [3.63, 3.8) is 0 Å². The van der Waals surface area contributed by atoms with Gasteiger partial charge in [0, 0.05) is 50.7 Å². The van der Waals surface area contributed by atoms with E-state index in [-0.39, 0.29) is 5.41 Å². The molecule has 0 radical (unpaired) electrons. The van der Waals surface area contributed by atoms with Gasteiger partial charge in [-0.15, -0.1) is 0 Å². The molecular weight excluding hydrogens is 941 g/mol. The number of benzene rings is 10. The molecular formula is C71H48N4O2. The lowest BCUT2D eigenvalue weighted by atomic mass is 9.82. The molecule has 13 aromatic rings. The predicted octanol–water partition coefficient (Wildman–Crippen LogP) is 19.2. The summed E-state index contributed by atoms with van der Waals surface area (Å²) in [6.07, 6.45) is 0. The quantitative estimate of drug-likeness (QED) is 0.129. The number of oxazole rings is 2. The second kappa shape index (κ2) is 18.6. The Bertz CT molecular complexity index is 4190. The van der Waals surface area contributed by atoms with E-state index in [1.165, 1.54) is 44.5 Å². The third-order valence-electron chi connectivity index (χ3n) is 15.0. The summed E-state index contributed by atoms with van der Waals surface area (Å²) in [5.41, 5.74) is 22.7. The van der Waals surface area contributed by atoms with Crippen molar-refractivity contribution in [2.24, 2.45) is 0 Å². The molecule has 0 saturated carbocycles. The Hall–Kier alpha value is -10.2. The van der Waals surface area contributed by atoms with Gasteiger partial charge in [-0.05, 0) is 183 Å². The van der Waals surface area contributed by atoms with E-state index in [0.717, 1.165) is 67.5 Å². The Morgan fingerprint density at radius 1 is 0.351 bits per heavy atom. The Morgan fingerprint density at radius 3 is 1.18 bits per heavy atom. The van der Waals surface area contributed by atoms with E-state index in [1.807, 2.05) is 30.3 Å². The molecule has 1 aliphatic rings. The first kappa shape index (κ1) is 45.4. The molecule has 0 spiro atoms. The van der Waals surface area contributed by atoms with Gasteiger partial charge in [-0.2, -0.15) is 4.98 Å². The van der Waals surface area contributed by atoms with Crippen LogP contribution in [0.25, 0.3) is 89.6 Å². The van der Waals surface area contributed by atoms with Gasteiger partial charge in [-0.1, -0.05) is 153 Å². The summed E-state index contributed by atoms with van der Waals surface area (Å²) in [7, 11) is 0. The highest BCUT2D eigenvalue weighted by Crippen LogP contribution is 2.53. The molecule has 0 atom stereocenters. The summed E-state index contributed by atoms with van der Waals surface area (Å²) in [5.74, 6) is 1.15. The predicted molar refractivity (Wildman–Crippen MR) is 313 cm³/mol. The molecule has 364 valence electrons. The molecule has 0 N–H and O–H groups in total. The van der Waals surface area contributed by atoms with Gasteiger partial charge in [-0.3, -0.25) is 0 Å². The van der Waals surface area contributed by atoms with Gasteiger partial charge in [0.25, 0.3) is 0 Å². The number of aromatic nitrogens is 2. The highest BCUT2D eigenvalue weighted by atomic mass is 16.4. The average Bonchev–Trinajstić information content (AvgIpc) is 4.22. The molecule has 11 aromatic carbocycles. The van der Waals surface area contributed by atoms with E-state index in [0.29, 0.717) is 22.9 Å². The number of rotatable bonds is 11. The lowest BCUT2D eigenvalue weighted by molar-refractivity contribution is 0.619. The van der Waals surface area contributed by atoms with Crippen molar-refractivity contribution >= 4 is 56.3 Å². The molecule has 1 aliphatic carbocycles. The van der Waals surface area contributed by atoms with Crippen LogP contribution in [0.3, 0.4) is 0 Å². The molecule has 0 fully saturated rings. The van der Waals surface area contributed by atoms with Gasteiger partial charge in [0.2, 0.25) is 11.8 Å². The summed E-state index contributed by atoms with van der Waals surface area (Å²) < 4.78 is 12.3. The van der Waals surface area contributed by atoms with Crippen molar-refractivity contribution in [1.82, 2.24) is 9.97 Å². The first-order chi connectivity index (χ1) is 37.9. The second-order valence-corrected chi connectivity index (χ2v) is 20.1. The van der Waals surface area contributed by atoms with Crippen LogP contribution in [0.15, 0.2) is 264 Å². The average molecular weight is 989 g/mol. The summed E-state index contributed by atoms with van der Waals surface area (Å²) in [6.45, 7) is 4.71. The summed E-state index contributed by atoms with van der Waals surface area (Å²) in [5, 5.41) is 0. The van der Waals surface area contributed by atoms with Crippen molar-refractivity contribution in [3.05, 3.63) is 278 Å². The minimum Gasteiger partial charge on any atom is -0.436 e. The van der Waals surface area contributed by atoms with Crippen LogP contribution in [-0.2, 0) is 5.41 Å². The van der Waals surface area contributed by atoms with Crippen LogP contribution in [-0.4, -0.2) is 9.97 Å². The Labute approximate surface area is 447 Å². The fourth-order valence-corrected chi connectivity index (χ4v) is 11.0. The van der Waals surface area contributed by atoms with Gasteiger partial charge in [0.15, 0.2) is 16.7 Å². The van der Waals surface area contributed by atoms with Crippen LogP contribution < -0.4 is 9.80 Å². The molecule has 0 unspecified atom stereocenters. The molecule has 6 nitrogen and oxygen atoms in total. The maximum absolute atomic E-state index is 6.21. The normalized spacial score (nSPS) is 12.3. The van der Waals surface area contributed by atoms with Crippen molar-refractivity contribution < 1.29 is 8.83 Å². The van der Waals surface area contributed by atoms with E-state index < -0.39 is 0 Å². The zero-order chi connectivity index (χ0) is 51.5. The number of para-hydroxylation sites is 2. The molecule has 14 rings (SSSR count). The van der Waals surface area contributed by atoms with E-state index in [2.05, 4.69) is 254 Å². The van der Waals surface area contributed by atoms with Gasteiger partial charge in [0.1, 0.15) is 5.52 Å². The van der Waals surface area contributed by atoms with Crippen LogP contribution in [0, 0.1) is 12.1 Å². The van der Waals surface area contributed by atoms with Gasteiger partial charge < -0.3 is 18.6 Å². The zero-order valence-electron chi connectivity index (χ0n) is 42.4. The molecule has 0 aliphatic heterocycles. The van der Waals surface area contributed by atoms with Crippen molar-refractivity contribution in [2.45, 2.75) is 19.3 Å². The molecule has 6 heteroatoms. The van der Waals surface area contributed by atoms with Crippen LogP contribution in [0.1, 0.15) is 25.0 Å². The van der Waals surface area contributed by atoms with Crippen LogP contribution >= 0.6 is 0 Å². The minimum absolute atomic E-state index is 0.344. The molecule has 0 saturated heterocycles. The van der Waals surface area contributed by atoms with Crippen molar-refractivity contribution in [3.8, 4) is 67.4 Å². The number of hydrogen-bond acceptors (Lipinski definition) is 6. The zero-order valence-corrected chi connectivity index (χ0v) is 42.4. The highest BCUT2D eigenvalue weighted by Gasteiger charge is 2.37. The fraction of sp³-hybridized carbons (Fsp3) is 0.0423. The number of anilines is 6. The van der Waals surface area contributed by atoms with Gasteiger partial charge >= 0.3 is 0 Å². The standard InChI is InChI=1S/C71H48N4O2/c1-71(2)63-45-59(74(55-33-25-51(26-34-55)48-15-7-4-8-16-48)57-37-29-53(30-38-57)69-72-65-17-9-11-19-67(65)76-69)41-43-61(63)62-44-42-60(46-64(62)71)75(58-39-31-54(32-40-58)70-73-66-18-10-12-20-68(66)77-70)56-35-27-52(28-36-56)50-23-21-49(22-24-50)47-13-5-3-6-14-47/h3-8,10-16,18-46H,1-2H3. The van der Waals surface area contributed by atoms with Gasteiger partial charge in [-0.25, -0.2) is 4.98 Å². The van der Waals surface area contributed by atoms with Crippen LogP contribution in [0.2, 0.25) is 0 Å². The summed E-state index contributed by atoms with van der Waals surface area (Å²) in [6, 6.07) is 96.1. The smallest absolute Gasteiger partial charge is 0.227 e. The number of hydrogen-bond donors (Lipinski definition) is 0. The first-order valence-corrected chi connectivity index (χ1v) is 25.9. The summed E-state index contributed by atoms with van der Waals surface area (Å²) in [4.78, 5) is 14.2. The van der Waals surface area contributed by atoms with Crippen molar-refractivity contribution in [1.29, 1.82) is 0 Å². The minimum atomic E-state index is -0.344. The molecule has 2 heterocycles. The molecule has 77 heavy (non-hydrogen) atoms. The topological polar surface area (TPSA) is 58.5 Å². The Morgan fingerprint density at radius 2 is 0.727 bits per heavy atom. The number of fused-ring (bicyclic) bond motifs is 5. The lowest BCUT2D eigenvalue weighted by Crippen LogP contribution is -2.17. The molecule has 0 bridgehead atoms. The van der Waals surface area contributed by atoms with E-state index in [9.17, 15) is 0 Å². The maximum atomic E-state index is 6.21. The summed E-state index contributed by atoms with van der Waals surface area (Å²) >= 11 is 0. The number of nitrogens with zero attached hydrogens (tertiary/aromatic N) is 4. The lowest BCUT2D eigenvalue weighted by Gasteiger charge is -2.29. The largest absolute Gasteiger partial charge is 0.436 e. The van der Waals surface area contributed by atoms with E-state index in [4.69, 9.17) is 18.8 Å². The highest BCUT2D eigenvalue weighted by molar-refractivity contribution is 5.90. The monoisotopic (exact) mass is 988 g/mol. The van der Waals surface area contributed by atoms with E-state index >= 15 is 0 Å². The third-order valence-corrected chi connectivity index (χ3v) is 15.0. The first-order valence-electron chi connectivity index (χ1n) is 25.9.